The number of ether oxygens (including phenoxy) is 1. The molecule has 0 spiro atoms. The Balaban J connectivity index is 1.43. The first-order chi connectivity index (χ1) is 16.0. The molecule has 1 aliphatic rings. The van der Waals surface area contributed by atoms with Crippen molar-refractivity contribution < 1.29 is 9.53 Å². The van der Waals surface area contributed by atoms with Crippen LogP contribution in [0.5, 0.6) is 5.75 Å². The number of benzene rings is 3. The van der Waals surface area contributed by atoms with Gasteiger partial charge < -0.3 is 14.2 Å². The van der Waals surface area contributed by atoms with Gasteiger partial charge in [-0.15, -0.1) is 0 Å². The van der Waals surface area contributed by atoms with Crippen LogP contribution < -0.4 is 9.64 Å². The Morgan fingerprint density at radius 3 is 2.39 bits per heavy atom. The molecule has 0 unspecified atom stereocenters. The molecule has 1 aliphatic heterocycles. The molecule has 2 heterocycles. The van der Waals surface area contributed by atoms with Gasteiger partial charge in [-0.1, -0.05) is 48.5 Å². The zero-order chi connectivity index (χ0) is 22.9. The maximum Gasteiger partial charge on any atom is 0.227 e. The van der Waals surface area contributed by atoms with E-state index in [1.165, 1.54) is 0 Å². The summed E-state index contributed by atoms with van der Waals surface area (Å²) in [6.07, 6.45) is 0.468. The lowest BCUT2D eigenvalue weighted by Crippen LogP contribution is -2.25. The molecule has 1 aromatic heterocycles. The van der Waals surface area contributed by atoms with Crippen LogP contribution in [0.4, 0.5) is 5.69 Å². The van der Waals surface area contributed by atoms with E-state index in [2.05, 4.69) is 55.7 Å². The second-order valence-corrected chi connectivity index (χ2v) is 8.87. The highest BCUT2D eigenvalue weighted by Gasteiger charge is 2.35. The van der Waals surface area contributed by atoms with Crippen molar-refractivity contribution in [1.82, 2.24) is 9.55 Å². The summed E-state index contributed by atoms with van der Waals surface area (Å²) >= 11 is 0. The maximum absolute atomic E-state index is 13.0. The Morgan fingerprint density at radius 2 is 1.61 bits per heavy atom. The molecule has 0 N–H and O–H groups in total. The van der Waals surface area contributed by atoms with Crippen LogP contribution in [0.25, 0.3) is 11.0 Å². The van der Waals surface area contributed by atoms with Crippen LogP contribution in [0.15, 0.2) is 66.7 Å². The van der Waals surface area contributed by atoms with Crippen LogP contribution in [-0.4, -0.2) is 28.6 Å². The average molecular weight is 440 g/mol. The van der Waals surface area contributed by atoms with E-state index in [1.54, 1.807) is 0 Å². The molecule has 33 heavy (non-hydrogen) atoms. The SMILES string of the molecule is Cc1ccccc1N1C[C@H](c2nc3ccccc3n2CCOc2c(C)cccc2C)CC1=O. The van der Waals surface area contributed by atoms with Crippen molar-refractivity contribution in [3.05, 3.63) is 89.2 Å². The Labute approximate surface area is 194 Å². The van der Waals surface area contributed by atoms with Crippen LogP contribution in [-0.2, 0) is 11.3 Å². The van der Waals surface area contributed by atoms with Crippen molar-refractivity contribution in [3.63, 3.8) is 0 Å². The van der Waals surface area contributed by atoms with Crippen molar-refractivity contribution >= 4 is 22.6 Å². The lowest BCUT2D eigenvalue weighted by Gasteiger charge is -2.19. The molecule has 3 aromatic carbocycles. The number of para-hydroxylation sites is 4. The standard InChI is InChI=1S/C28H29N3O2/c1-19-9-4-6-13-24(19)31-18-22(17-26(31)32)28-29-23-12-5-7-14-25(23)30(28)15-16-33-27-20(2)10-8-11-21(27)3/h4-14,22H,15-18H2,1-3H3/t22-/m1/s1. The molecular formula is C28H29N3O2. The average Bonchev–Trinajstić information content (AvgIpc) is 3.37. The summed E-state index contributed by atoms with van der Waals surface area (Å²) in [5.74, 6) is 2.11. The number of hydrogen-bond acceptors (Lipinski definition) is 3. The molecule has 0 aliphatic carbocycles. The number of carbonyl (C=O) groups is 1. The molecule has 5 nitrogen and oxygen atoms in total. The first-order valence-corrected chi connectivity index (χ1v) is 11.5. The van der Waals surface area contributed by atoms with Crippen molar-refractivity contribution in [2.45, 2.75) is 39.7 Å². The second-order valence-electron chi connectivity index (χ2n) is 8.87. The number of aryl methyl sites for hydroxylation is 3. The lowest BCUT2D eigenvalue weighted by molar-refractivity contribution is -0.117. The Hall–Kier alpha value is -3.60. The number of nitrogens with zero attached hydrogens (tertiary/aromatic N) is 3. The predicted octanol–water partition coefficient (Wildman–Crippen LogP) is 5.56. The summed E-state index contributed by atoms with van der Waals surface area (Å²) in [5, 5.41) is 0. The fraction of sp³-hybridized carbons (Fsp3) is 0.286. The molecular weight excluding hydrogens is 410 g/mol. The van der Waals surface area contributed by atoms with Gasteiger partial charge in [0.2, 0.25) is 5.91 Å². The molecule has 4 aromatic rings. The fourth-order valence-corrected chi connectivity index (χ4v) is 4.89. The molecule has 0 saturated carbocycles. The molecule has 1 atom stereocenters. The van der Waals surface area contributed by atoms with Crippen LogP contribution >= 0.6 is 0 Å². The third-order valence-corrected chi connectivity index (χ3v) is 6.55. The Kier molecular flexibility index (Phi) is 5.63. The smallest absolute Gasteiger partial charge is 0.227 e. The van der Waals surface area contributed by atoms with E-state index in [4.69, 9.17) is 9.72 Å². The van der Waals surface area contributed by atoms with E-state index in [-0.39, 0.29) is 11.8 Å². The topological polar surface area (TPSA) is 47.4 Å². The van der Waals surface area contributed by atoms with Crippen LogP contribution in [0.3, 0.4) is 0 Å². The van der Waals surface area contributed by atoms with Gasteiger partial charge in [0.25, 0.3) is 0 Å². The first-order valence-electron chi connectivity index (χ1n) is 11.5. The van der Waals surface area contributed by atoms with E-state index in [1.807, 2.05) is 41.3 Å². The van der Waals surface area contributed by atoms with Gasteiger partial charge in [-0.2, -0.15) is 0 Å². The van der Waals surface area contributed by atoms with Gasteiger partial charge >= 0.3 is 0 Å². The third kappa shape index (κ3) is 3.99. The van der Waals surface area contributed by atoms with Crippen molar-refractivity contribution in [2.75, 3.05) is 18.1 Å². The van der Waals surface area contributed by atoms with Crippen molar-refractivity contribution in [1.29, 1.82) is 0 Å². The summed E-state index contributed by atoms with van der Waals surface area (Å²) in [6, 6.07) is 22.5. The monoisotopic (exact) mass is 439 g/mol. The van der Waals surface area contributed by atoms with Crippen LogP contribution in [0.2, 0.25) is 0 Å². The highest BCUT2D eigenvalue weighted by atomic mass is 16.5. The lowest BCUT2D eigenvalue weighted by atomic mass is 10.1. The quantitative estimate of drug-likeness (QED) is 0.395. The van der Waals surface area contributed by atoms with Gasteiger partial charge in [0.15, 0.2) is 0 Å². The summed E-state index contributed by atoms with van der Waals surface area (Å²) in [7, 11) is 0. The summed E-state index contributed by atoms with van der Waals surface area (Å²) in [4.78, 5) is 19.9. The molecule has 168 valence electrons. The van der Waals surface area contributed by atoms with Crippen molar-refractivity contribution in [3.8, 4) is 5.75 Å². The number of amides is 1. The van der Waals surface area contributed by atoms with Gasteiger partial charge in [0, 0.05) is 24.6 Å². The van der Waals surface area contributed by atoms with Gasteiger partial charge in [-0.05, 0) is 55.7 Å². The summed E-state index contributed by atoms with van der Waals surface area (Å²) in [5.41, 5.74) is 6.43. The van der Waals surface area contributed by atoms with Crippen LogP contribution in [0, 0.1) is 20.8 Å². The molecule has 5 rings (SSSR count). The fourth-order valence-electron chi connectivity index (χ4n) is 4.89. The number of rotatable bonds is 6. The minimum absolute atomic E-state index is 0.0460. The van der Waals surface area contributed by atoms with Crippen LogP contribution in [0.1, 0.15) is 34.9 Å². The predicted molar refractivity (Wildman–Crippen MR) is 132 cm³/mol. The summed E-state index contributed by atoms with van der Waals surface area (Å²) in [6.45, 7) is 8.07. The van der Waals surface area contributed by atoms with Gasteiger partial charge in [-0.3, -0.25) is 4.79 Å². The first kappa shape index (κ1) is 21.3. The Morgan fingerprint density at radius 1 is 0.909 bits per heavy atom. The van der Waals surface area contributed by atoms with E-state index in [0.29, 0.717) is 26.1 Å². The summed E-state index contributed by atoms with van der Waals surface area (Å²) < 4.78 is 8.45. The zero-order valence-corrected chi connectivity index (χ0v) is 19.4. The minimum atomic E-state index is 0.0460. The molecule has 5 heteroatoms. The number of imidazole rings is 1. The largest absolute Gasteiger partial charge is 0.491 e. The molecule has 1 amide bonds. The number of carbonyl (C=O) groups excluding carboxylic acids is 1. The number of fused-ring (bicyclic) bond motifs is 1. The zero-order valence-electron chi connectivity index (χ0n) is 19.4. The number of anilines is 1. The number of aromatic nitrogens is 2. The van der Waals surface area contributed by atoms with Gasteiger partial charge in [0.05, 0.1) is 17.6 Å². The highest BCUT2D eigenvalue weighted by Crippen LogP contribution is 2.34. The molecule has 0 radical (unpaired) electrons. The highest BCUT2D eigenvalue weighted by molar-refractivity contribution is 5.97. The normalized spacial score (nSPS) is 16.0. The number of hydrogen-bond donors (Lipinski definition) is 0. The molecule has 0 bridgehead atoms. The van der Waals surface area contributed by atoms with E-state index < -0.39 is 0 Å². The third-order valence-electron chi connectivity index (χ3n) is 6.55. The second kappa shape index (κ2) is 8.74. The molecule has 1 saturated heterocycles. The Bertz CT molecular complexity index is 1300. The van der Waals surface area contributed by atoms with Gasteiger partial charge in [-0.25, -0.2) is 4.98 Å². The van der Waals surface area contributed by atoms with E-state index in [0.717, 1.165) is 45.0 Å². The van der Waals surface area contributed by atoms with E-state index >= 15 is 0 Å². The van der Waals surface area contributed by atoms with E-state index in [9.17, 15) is 4.79 Å². The van der Waals surface area contributed by atoms with Crippen molar-refractivity contribution in [2.24, 2.45) is 0 Å². The maximum atomic E-state index is 13.0. The minimum Gasteiger partial charge on any atom is -0.491 e. The molecule has 1 fully saturated rings. The van der Waals surface area contributed by atoms with Gasteiger partial charge in [0.1, 0.15) is 18.2 Å².